The van der Waals surface area contributed by atoms with Crippen molar-refractivity contribution in [3.63, 3.8) is 0 Å². The second-order valence-electron chi connectivity index (χ2n) is 6.23. The summed E-state index contributed by atoms with van der Waals surface area (Å²) in [5.41, 5.74) is 0.510. The molecular weight excluding hydrogens is 415 g/mol. The summed E-state index contributed by atoms with van der Waals surface area (Å²) in [6.45, 7) is 5.32. The van der Waals surface area contributed by atoms with Crippen molar-refractivity contribution in [2.24, 2.45) is 12.5 Å². The molecule has 2 aromatic rings. The standard InChI is InChI=1S/C17H17BrCl2N2O2/c1-17(2,3)16(23)24-13(11-14(19)21-22(4)15(11)20)12(18)10-8-6-5-7-9-10/h5-9H,1-4H3. The number of rotatable bonds is 3. The maximum Gasteiger partial charge on any atom is 0.316 e. The molecule has 0 aliphatic carbocycles. The second kappa shape index (κ2) is 7.30. The Kier molecular flexibility index (Phi) is 5.78. The molecule has 0 atom stereocenters. The summed E-state index contributed by atoms with van der Waals surface area (Å²) in [6.07, 6.45) is 0. The number of carbonyl (C=O) groups excluding carboxylic acids is 1. The predicted octanol–water partition coefficient (Wildman–Crippen LogP) is 5.54. The minimum absolute atomic E-state index is 0.159. The van der Waals surface area contributed by atoms with E-state index >= 15 is 0 Å². The highest BCUT2D eigenvalue weighted by atomic mass is 79.9. The van der Waals surface area contributed by atoms with Gasteiger partial charge in [0, 0.05) is 7.05 Å². The Morgan fingerprint density at radius 2 is 1.79 bits per heavy atom. The Morgan fingerprint density at radius 1 is 1.21 bits per heavy atom. The number of esters is 1. The zero-order chi connectivity index (χ0) is 18.1. The van der Waals surface area contributed by atoms with Crippen molar-refractivity contribution in [1.82, 2.24) is 9.78 Å². The molecule has 0 fully saturated rings. The fraction of sp³-hybridized carbons (Fsp3) is 0.294. The highest BCUT2D eigenvalue weighted by Gasteiger charge is 2.29. The van der Waals surface area contributed by atoms with Gasteiger partial charge in [0.2, 0.25) is 0 Å². The number of hydrogen-bond donors (Lipinski definition) is 0. The Bertz CT molecular complexity index is 793. The van der Waals surface area contributed by atoms with Crippen LogP contribution in [0.1, 0.15) is 31.9 Å². The van der Waals surface area contributed by atoms with Crippen molar-refractivity contribution in [3.05, 3.63) is 51.8 Å². The van der Waals surface area contributed by atoms with Crippen molar-refractivity contribution in [2.45, 2.75) is 20.8 Å². The summed E-state index contributed by atoms with van der Waals surface area (Å²) < 4.78 is 7.66. The molecule has 2 rings (SSSR count). The van der Waals surface area contributed by atoms with Gasteiger partial charge in [-0.05, 0) is 42.3 Å². The van der Waals surface area contributed by atoms with Gasteiger partial charge in [-0.15, -0.1) is 0 Å². The van der Waals surface area contributed by atoms with Crippen LogP contribution in [0, 0.1) is 5.41 Å². The number of ether oxygens (including phenoxy) is 1. The van der Waals surface area contributed by atoms with Gasteiger partial charge in [-0.2, -0.15) is 5.10 Å². The molecule has 4 nitrogen and oxygen atoms in total. The fourth-order valence-electron chi connectivity index (χ4n) is 1.83. The number of halogens is 3. The van der Waals surface area contributed by atoms with Crippen molar-refractivity contribution in [1.29, 1.82) is 0 Å². The van der Waals surface area contributed by atoms with E-state index in [0.29, 0.717) is 10.0 Å². The van der Waals surface area contributed by atoms with Crippen LogP contribution in [-0.2, 0) is 16.6 Å². The lowest BCUT2D eigenvalue weighted by Crippen LogP contribution is -2.22. The third-order valence-electron chi connectivity index (χ3n) is 3.20. The van der Waals surface area contributed by atoms with Crippen molar-refractivity contribution in [2.75, 3.05) is 0 Å². The maximum atomic E-state index is 12.4. The monoisotopic (exact) mass is 430 g/mol. The molecule has 128 valence electrons. The molecule has 0 saturated carbocycles. The van der Waals surface area contributed by atoms with Crippen LogP contribution < -0.4 is 0 Å². The van der Waals surface area contributed by atoms with E-state index in [1.807, 2.05) is 30.3 Å². The fourth-order valence-corrected chi connectivity index (χ4v) is 2.92. The molecule has 0 aliphatic rings. The summed E-state index contributed by atoms with van der Waals surface area (Å²) in [7, 11) is 1.66. The number of aryl methyl sites for hydroxylation is 1. The lowest BCUT2D eigenvalue weighted by atomic mass is 9.97. The van der Waals surface area contributed by atoms with Crippen LogP contribution >= 0.6 is 39.1 Å². The molecular formula is C17H17BrCl2N2O2. The number of carbonyl (C=O) groups is 1. The van der Waals surface area contributed by atoms with Gasteiger partial charge in [0.25, 0.3) is 0 Å². The first-order chi connectivity index (χ1) is 11.1. The molecule has 0 N–H and O–H groups in total. The summed E-state index contributed by atoms with van der Waals surface area (Å²) in [5, 5.41) is 4.52. The van der Waals surface area contributed by atoms with E-state index in [4.69, 9.17) is 27.9 Å². The maximum absolute atomic E-state index is 12.4. The van der Waals surface area contributed by atoms with Crippen LogP contribution in [-0.4, -0.2) is 15.7 Å². The zero-order valence-corrected chi connectivity index (χ0v) is 16.8. The molecule has 0 radical (unpaired) electrons. The summed E-state index contributed by atoms with van der Waals surface area (Å²) in [6, 6.07) is 9.42. The third-order valence-corrected chi connectivity index (χ3v) is 4.71. The highest BCUT2D eigenvalue weighted by Crippen LogP contribution is 2.39. The average Bonchev–Trinajstić information content (AvgIpc) is 2.77. The van der Waals surface area contributed by atoms with Crippen LogP contribution in [0.5, 0.6) is 0 Å². The molecule has 1 aromatic carbocycles. The predicted molar refractivity (Wildman–Crippen MR) is 101 cm³/mol. The van der Waals surface area contributed by atoms with Crippen molar-refractivity contribution < 1.29 is 9.53 Å². The van der Waals surface area contributed by atoms with E-state index in [1.54, 1.807) is 27.8 Å². The topological polar surface area (TPSA) is 44.1 Å². The summed E-state index contributed by atoms with van der Waals surface area (Å²) >= 11 is 16.0. The van der Waals surface area contributed by atoms with Crippen molar-refractivity contribution in [3.8, 4) is 0 Å². The molecule has 0 saturated heterocycles. The zero-order valence-electron chi connectivity index (χ0n) is 13.7. The molecule has 7 heteroatoms. The highest BCUT2D eigenvalue weighted by molar-refractivity contribution is 9.15. The minimum atomic E-state index is -0.684. The van der Waals surface area contributed by atoms with Crippen LogP contribution in [0.25, 0.3) is 10.2 Å². The minimum Gasteiger partial charge on any atom is -0.424 e. The molecule has 0 bridgehead atoms. The van der Waals surface area contributed by atoms with Gasteiger partial charge in [0.15, 0.2) is 10.9 Å². The van der Waals surface area contributed by atoms with Crippen LogP contribution in [0.4, 0.5) is 0 Å². The molecule has 1 heterocycles. The van der Waals surface area contributed by atoms with E-state index in [0.717, 1.165) is 5.56 Å². The van der Waals surface area contributed by atoms with E-state index in [-0.39, 0.29) is 16.1 Å². The molecule has 1 aromatic heterocycles. The van der Waals surface area contributed by atoms with Gasteiger partial charge in [0.1, 0.15) is 5.15 Å². The molecule has 0 aliphatic heterocycles. The number of hydrogen-bond acceptors (Lipinski definition) is 3. The molecule has 0 spiro atoms. The molecule has 0 unspecified atom stereocenters. The number of benzene rings is 1. The number of aromatic nitrogens is 2. The molecule has 24 heavy (non-hydrogen) atoms. The van der Waals surface area contributed by atoms with Gasteiger partial charge in [-0.1, -0.05) is 53.5 Å². The Morgan fingerprint density at radius 3 is 2.25 bits per heavy atom. The van der Waals surface area contributed by atoms with Gasteiger partial charge in [0.05, 0.1) is 15.5 Å². The third kappa shape index (κ3) is 4.02. The summed E-state index contributed by atoms with van der Waals surface area (Å²) in [4.78, 5) is 12.4. The van der Waals surface area contributed by atoms with E-state index < -0.39 is 11.4 Å². The Balaban J connectivity index is 2.64. The first-order valence-corrected chi connectivity index (χ1v) is 8.73. The lowest BCUT2D eigenvalue weighted by Gasteiger charge is -2.19. The normalized spacial score (nSPS) is 12.8. The van der Waals surface area contributed by atoms with E-state index in [9.17, 15) is 4.79 Å². The first-order valence-electron chi connectivity index (χ1n) is 7.18. The summed E-state index contributed by atoms with van der Waals surface area (Å²) in [5.74, 6) is -0.161. The van der Waals surface area contributed by atoms with Gasteiger partial charge in [-0.3, -0.25) is 9.48 Å². The smallest absolute Gasteiger partial charge is 0.316 e. The largest absolute Gasteiger partial charge is 0.424 e. The van der Waals surface area contributed by atoms with Gasteiger partial charge < -0.3 is 4.74 Å². The SMILES string of the molecule is Cn1nc(Cl)c(C(OC(=O)C(C)(C)C)=C(Br)c2ccccc2)c1Cl. The Hall–Kier alpha value is -1.30. The van der Waals surface area contributed by atoms with Gasteiger partial charge in [-0.25, -0.2) is 0 Å². The van der Waals surface area contributed by atoms with Gasteiger partial charge >= 0.3 is 5.97 Å². The van der Waals surface area contributed by atoms with Crippen LogP contribution in [0.15, 0.2) is 30.3 Å². The van der Waals surface area contributed by atoms with E-state index in [2.05, 4.69) is 21.0 Å². The lowest BCUT2D eigenvalue weighted by molar-refractivity contribution is -0.145. The molecule has 0 amide bonds. The van der Waals surface area contributed by atoms with Crippen molar-refractivity contribution >= 4 is 55.3 Å². The van der Waals surface area contributed by atoms with Crippen LogP contribution in [0.2, 0.25) is 10.3 Å². The second-order valence-corrected chi connectivity index (χ2v) is 7.74. The quantitative estimate of drug-likeness (QED) is 0.473. The average molecular weight is 432 g/mol. The number of nitrogens with zero attached hydrogens (tertiary/aromatic N) is 2. The van der Waals surface area contributed by atoms with E-state index in [1.165, 1.54) is 4.68 Å². The van der Waals surface area contributed by atoms with Crippen LogP contribution in [0.3, 0.4) is 0 Å². The Labute approximate surface area is 159 Å². The first kappa shape index (κ1) is 19.0.